The first-order chi connectivity index (χ1) is 14.0. The van der Waals surface area contributed by atoms with E-state index in [1.165, 1.54) is 5.56 Å². The number of nitrogens with zero attached hydrogens (tertiary/aromatic N) is 2. The topological polar surface area (TPSA) is 68.8 Å². The Balaban J connectivity index is 1.61. The van der Waals surface area contributed by atoms with E-state index in [1.54, 1.807) is 7.05 Å². The van der Waals surface area contributed by atoms with Gasteiger partial charge in [-0.15, -0.1) is 0 Å². The normalized spacial score (nSPS) is 17.5. The smallest absolute Gasteiger partial charge is 0.225 e. The lowest BCUT2D eigenvalue weighted by molar-refractivity contribution is -0.116. The number of carbonyl (C=O) groups excluding carboxylic acids is 1. The second kappa shape index (κ2) is 9.76. The van der Waals surface area contributed by atoms with Crippen LogP contribution < -0.4 is 16.0 Å². The van der Waals surface area contributed by atoms with Crippen molar-refractivity contribution in [2.75, 3.05) is 39.5 Å². The third kappa shape index (κ3) is 5.49. The summed E-state index contributed by atoms with van der Waals surface area (Å²) in [5, 5.41) is 10.4. The third-order valence-electron chi connectivity index (χ3n) is 5.19. The average Bonchev–Trinajstić information content (AvgIpc) is 2.71. The van der Waals surface area contributed by atoms with Crippen LogP contribution in [0.15, 0.2) is 53.5 Å². The zero-order valence-electron chi connectivity index (χ0n) is 17.1. The van der Waals surface area contributed by atoms with Crippen molar-refractivity contribution >= 4 is 29.2 Å². The third-order valence-corrected chi connectivity index (χ3v) is 5.44. The number of rotatable bonds is 6. The highest BCUT2D eigenvalue weighted by molar-refractivity contribution is 6.30. The molecule has 3 N–H and O–H groups in total. The zero-order chi connectivity index (χ0) is 20.8. The molecule has 29 heavy (non-hydrogen) atoms. The molecule has 0 radical (unpaired) electrons. The number of carbonyl (C=O) groups is 1. The first-order valence-corrected chi connectivity index (χ1v) is 10.1. The van der Waals surface area contributed by atoms with E-state index in [0.717, 1.165) is 16.3 Å². The molecular weight excluding hydrogens is 386 g/mol. The molecule has 1 aliphatic heterocycles. The van der Waals surface area contributed by atoms with Gasteiger partial charge in [0.15, 0.2) is 5.96 Å². The highest BCUT2D eigenvalue weighted by atomic mass is 35.5. The molecule has 1 heterocycles. The van der Waals surface area contributed by atoms with E-state index < -0.39 is 0 Å². The Labute approximate surface area is 177 Å². The maximum absolute atomic E-state index is 12.0. The lowest BCUT2D eigenvalue weighted by Crippen LogP contribution is -2.43. The van der Waals surface area contributed by atoms with Gasteiger partial charge in [0.25, 0.3) is 0 Å². The first-order valence-electron chi connectivity index (χ1n) is 9.73. The fraction of sp³-hybridized carbons (Fsp3) is 0.364. The van der Waals surface area contributed by atoms with Crippen molar-refractivity contribution in [2.24, 2.45) is 4.99 Å². The molecule has 6 nitrogen and oxygen atoms in total. The maximum Gasteiger partial charge on any atom is 0.225 e. The standard InChI is InChI=1S/C22H28ClN5O/c1-24-22(26-14-20(28(2)3)15-8-10-17(23)11-9-15)25-13-16-12-21(29)27-19-7-5-4-6-18(16)19/h4-11,16,20H,12-14H2,1-3H3,(H,27,29)(H2,24,25,26). The number of amides is 1. The van der Waals surface area contributed by atoms with E-state index in [2.05, 4.69) is 46.0 Å². The van der Waals surface area contributed by atoms with E-state index in [-0.39, 0.29) is 17.9 Å². The largest absolute Gasteiger partial charge is 0.356 e. The molecule has 0 saturated carbocycles. The molecule has 2 atom stereocenters. The van der Waals surface area contributed by atoms with Gasteiger partial charge in [-0.3, -0.25) is 9.79 Å². The number of halogens is 1. The minimum atomic E-state index is 0.0499. The van der Waals surface area contributed by atoms with Crippen LogP contribution in [-0.4, -0.2) is 51.0 Å². The summed E-state index contributed by atoms with van der Waals surface area (Å²) < 4.78 is 0. The molecule has 7 heteroatoms. The molecule has 2 aromatic carbocycles. The number of likely N-dealkylation sites (N-methyl/N-ethyl adjacent to an activating group) is 1. The van der Waals surface area contributed by atoms with Crippen LogP contribution in [0.5, 0.6) is 0 Å². The molecule has 2 aromatic rings. The van der Waals surface area contributed by atoms with Crippen molar-refractivity contribution < 1.29 is 4.79 Å². The molecule has 154 valence electrons. The van der Waals surface area contributed by atoms with E-state index in [9.17, 15) is 4.79 Å². The molecular formula is C22H28ClN5O. The van der Waals surface area contributed by atoms with Crippen molar-refractivity contribution in [3.05, 3.63) is 64.7 Å². The van der Waals surface area contributed by atoms with Crippen LogP contribution in [0.4, 0.5) is 5.69 Å². The Morgan fingerprint density at radius 1 is 1.21 bits per heavy atom. The molecule has 1 aliphatic rings. The fourth-order valence-corrected chi connectivity index (χ4v) is 3.73. The summed E-state index contributed by atoms with van der Waals surface area (Å²) in [7, 11) is 5.85. The molecule has 0 aliphatic carbocycles. The van der Waals surface area contributed by atoms with E-state index in [0.29, 0.717) is 25.5 Å². The monoisotopic (exact) mass is 413 g/mol. The van der Waals surface area contributed by atoms with Crippen molar-refractivity contribution in [2.45, 2.75) is 18.4 Å². The average molecular weight is 414 g/mol. The van der Waals surface area contributed by atoms with Gasteiger partial charge in [-0.25, -0.2) is 0 Å². The predicted octanol–water partition coefficient (Wildman–Crippen LogP) is 3.23. The van der Waals surface area contributed by atoms with Crippen LogP contribution in [0.1, 0.15) is 29.5 Å². The lowest BCUT2D eigenvalue weighted by atomic mass is 9.90. The summed E-state index contributed by atoms with van der Waals surface area (Å²) >= 11 is 6.02. The Morgan fingerprint density at radius 2 is 1.93 bits per heavy atom. The van der Waals surface area contributed by atoms with Crippen LogP contribution in [0.2, 0.25) is 5.02 Å². The number of guanidine groups is 1. The quantitative estimate of drug-likeness (QED) is 0.502. The molecule has 0 aromatic heterocycles. The van der Waals surface area contributed by atoms with E-state index in [1.807, 2.05) is 42.5 Å². The lowest BCUT2D eigenvalue weighted by Gasteiger charge is -2.28. The zero-order valence-corrected chi connectivity index (χ0v) is 17.8. The Kier molecular flexibility index (Phi) is 7.12. The number of nitrogens with one attached hydrogen (secondary N) is 3. The van der Waals surface area contributed by atoms with Gasteiger partial charge in [0.2, 0.25) is 5.91 Å². The molecule has 0 fully saturated rings. The maximum atomic E-state index is 12.0. The minimum absolute atomic E-state index is 0.0499. The number of fused-ring (bicyclic) bond motifs is 1. The van der Waals surface area contributed by atoms with Gasteiger partial charge in [-0.1, -0.05) is 41.9 Å². The van der Waals surface area contributed by atoms with Crippen LogP contribution >= 0.6 is 11.6 Å². The van der Waals surface area contributed by atoms with Crippen molar-refractivity contribution in [3.63, 3.8) is 0 Å². The van der Waals surface area contributed by atoms with Gasteiger partial charge >= 0.3 is 0 Å². The van der Waals surface area contributed by atoms with Gasteiger partial charge in [0.1, 0.15) is 0 Å². The van der Waals surface area contributed by atoms with Gasteiger partial charge in [-0.2, -0.15) is 0 Å². The van der Waals surface area contributed by atoms with Gasteiger partial charge in [0, 0.05) is 43.2 Å². The van der Waals surface area contributed by atoms with E-state index in [4.69, 9.17) is 11.6 Å². The minimum Gasteiger partial charge on any atom is -0.356 e. The number of hydrogen-bond donors (Lipinski definition) is 3. The molecule has 0 bridgehead atoms. The molecule has 2 unspecified atom stereocenters. The highest BCUT2D eigenvalue weighted by Gasteiger charge is 2.25. The predicted molar refractivity (Wildman–Crippen MR) is 120 cm³/mol. The van der Waals surface area contributed by atoms with Gasteiger partial charge < -0.3 is 20.9 Å². The summed E-state index contributed by atoms with van der Waals surface area (Å²) in [6, 6.07) is 16.0. The van der Waals surface area contributed by atoms with E-state index >= 15 is 0 Å². The summed E-state index contributed by atoms with van der Waals surface area (Å²) in [6.45, 7) is 1.33. The second-order valence-corrected chi connectivity index (χ2v) is 7.84. The number of benzene rings is 2. The molecule has 3 rings (SSSR count). The summed E-state index contributed by atoms with van der Waals surface area (Å²) in [5.74, 6) is 0.877. The number of para-hydroxylation sites is 1. The second-order valence-electron chi connectivity index (χ2n) is 7.40. The summed E-state index contributed by atoms with van der Waals surface area (Å²) in [4.78, 5) is 18.5. The van der Waals surface area contributed by atoms with Gasteiger partial charge in [0.05, 0.1) is 6.04 Å². The first kappa shape index (κ1) is 21.1. The van der Waals surface area contributed by atoms with Crippen molar-refractivity contribution in [1.29, 1.82) is 0 Å². The molecule has 0 spiro atoms. The Morgan fingerprint density at radius 3 is 2.62 bits per heavy atom. The van der Waals surface area contributed by atoms with Crippen LogP contribution in [0.3, 0.4) is 0 Å². The molecule has 1 amide bonds. The van der Waals surface area contributed by atoms with Crippen LogP contribution in [0, 0.1) is 0 Å². The summed E-state index contributed by atoms with van der Waals surface area (Å²) in [6.07, 6.45) is 0.464. The molecule has 0 saturated heterocycles. The number of hydrogen-bond acceptors (Lipinski definition) is 3. The summed E-state index contributed by atoms with van der Waals surface area (Å²) in [5.41, 5.74) is 3.23. The number of aliphatic imine (C=N–C) groups is 1. The SMILES string of the molecule is CN=C(NCC1CC(=O)Nc2ccccc21)NCC(c1ccc(Cl)cc1)N(C)C. The van der Waals surface area contributed by atoms with Crippen molar-refractivity contribution in [1.82, 2.24) is 15.5 Å². The van der Waals surface area contributed by atoms with Gasteiger partial charge in [-0.05, 0) is 43.4 Å². The highest BCUT2D eigenvalue weighted by Crippen LogP contribution is 2.31. The van der Waals surface area contributed by atoms with Crippen LogP contribution in [-0.2, 0) is 4.79 Å². The Hall–Kier alpha value is -2.57. The van der Waals surface area contributed by atoms with Crippen molar-refractivity contribution in [3.8, 4) is 0 Å². The Bertz CT molecular complexity index is 866. The van der Waals surface area contributed by atoms with Crippen LogP contribution in [0.25, 0.3) is 0 Å². The number of anilines is 1. The fourth-order valence-electron chi connectivity index (χ4n) is 3.60.